The molecule has 0 aliphatic heterocycles. The van der Waals surface area contributed by atoms with Gasteiger partial charge >= 0.3 is 0 Å². The van der Waals surface area contributed by atoms with Gasteiger partial charge in [-0.1, -0.05) is 84.4 Å². The second-order valence-corrected chi connectivity index (χ2v) is 8.09. The molecule has 0 heterocycles. The molecule has 0 aliphatic rings. The third-order valence-corrected chi connectivity index (χ3v) is 5.86. The predicted octanol–water partition coefficient (Wildman–Crippen LogP) is 8.03. The van der Waals surface area contributed by atoms with Crippen LogP contribution in [-0.2, 0) is 0 Å². The maximum atomic E-state index is 6.27. The van der Waals surface area contributed by atoms with Crippen molar-refractivity contribution < 1.29 is 9.47 Å². The quantitative estimate of drug-likeness (QED) is 0.328. The molecule has 0 aromatic heterocycles. The zero-order valence-corrected chi connectivity index (χ0v) is 18.5. The molecule has 2 atom stereocenters. The van der Waals surface area contributed by atoms with Crippen LogP contribution in [0.15, 0.2) is 36.4 Å². The summed E-state index contributed by atoms with van der Waals surface area (Å²) in [5.41, 5.74) is 0. The molecule has 0 radical (unpaired) electrons. The van der Waals surface area contributed by atoms with Crippen LogP contribution in [0.25, 0.3) is 10.8 Å². The van der Waals surface area contributed by atoms with Crippen LogP contribution >= 0.6 is 0 Å². The molecule has 156 valence electrons. The van der Waals surface area contributed by atoms with E-state index in [1.165, 1.54) is 56.8 Å². The standard InChI is InChI=1S/C26H40O2/c1-5-9-12-21(7-3)19-27-24-17-16-23-14-11-15-26(25(23)18-24)28-20-22(8-4)13-10-6-2/h11,14-18,21-22H,5-10,12-13,19-20H2,1-4H3. The van der Waals surface area contributed by atoms with Gasteiger partial charge in [0, 0.05) is 5.39 Å². The summed E-state index contributed by atoms with van der Waals surface area (Å²) < 4.78 is 12.4. The lowest BCUT2D eigenvalue weighted by Crippen LogP contribution is -2.12. The van der Waals surface area contributed by atoms with Crippen LogP contribution in [0, 0.1) is 11.8 Å². The topological polar surface area (TPSA) is 18.5 Å². The number of benzene rings is 2. The van der Waals surface area contributed by atoms with Gasteiger partial charge in [0.05, 0.1) is 13.2 Å². The summed E-state index contributed by atoms with van der Waals surface area (Å²) >= 11 is 0. The number of rotatable bonds is 14. The van der Waals surface area contributed by atoms with Crippen molar-refractivity contribution in [2.75, 3.05) is 13.2 Å². The third-order valence-electron chi connectivity index (χ3n) is 5.86. The largest absolute Gasteiger partial charge is 0.493 e. The molecule has 0 saturated heterocycles. The first-order chi connectivity index (χ1) is 13.7. The summed E-state index contributed by atoms with van der Waals surface area (Å²) in [5.74, 6) is 3.22. The molecular weight excluding hydrogens is 344 g/mol. The molecule has 0 spiro atoms. The minimum absolute atomic E-state index is 0.638. The van der Waals surface area contributed by atoms with E-state index in [0.29, 0.717) is 11.8 Å². The average Bonchev–Trinajstić information content (AvgIpc) is 2.74. The van der Waals surface area contributed by atoms with Crippen molar-refractivity contribution in [1.82, 2.24) is 0 Å². The van der Waals surface area contributed by atoms with Crippen molar-refractivity contribution in [1.29, 1.82) is 0 Å². The van der Waals surface area contributed by atoms with Crippen LogP contribution in [0.3, 0.4) is 0 Å². The lowest BCUT2D eigenvalue weighted by Gasteiger charge is -2.18. The van der Waals surface area contributed by atoms with E-state index in [0.717, 1.165) is 30.1 Å². The fourth-order valence-corrected chi connectivity index (χ4v) is 3.66. The SMILES string of the molecule is CCCCC(CC)COc1ccc2cccc(OCC(CC)CCCC)c2c1. The Kier molecular flexibility index (Phi) is 10.2. The van der Waals surface area contributed by atoms with Crippen LogP contribution in [0.1, 0.15) is 79.1 Å². The Hall–Kier alpha value is -1.70. The Morgan fingerprint density at radius 2 is 1.39 bits per heavy atom. The molecule has 0 saturated carbocycles. The molecule has 2 heteroatoms. The second-order valence-electron chi connectivity index (χ2n) is 8.09. The maximum Gasteiger partial charge on any atom is 0.127 e. The van der Waals surface area contributed by atoms with E-state index in [2.05, 4.69) is 64.1 Å². The van der Waals surface area contributed by atoms with Gasteiger partial charge in [0.2, 0.25) is 0 Å². The first-order valence-electron chi connectivity index (χ1n) is 11.5. The first-order valence-corrected chi connectivity index (χ1v) is 11.5. The van der Waals surface area contributed by atoms with Crippen molar-refractivity contribution in [3.8, 4) is 11.5 Å². The van der Waals surface area contributed by atoms with Gasteiger partial charge in [0.1, 0.15) is 11.5 Å². The van der Waals surface area contributed by atoms with Crippen molar-refractivity contribution in [2.24, 2.45) is 11.8 Å². The number of ether oxygens (including phenoxy) is 2. The van der Waals surface area contributed by atoms with Gasteiger partial charge in [0.25, 0.3) is 0 Å². The molecule has 2 rings (SSSR count). The number of hydrogen-bond acceptors (Lipinski definition) is 2. The third kappa shape index (κ3) is 7.04. The number of fused-ring (bicyclic) bond motifs is 1. The Morgan fingerprint density at radius 3 is 2.00 bits per heavy atom. The van der Waals surface area contributed by atoms with Crippen LogP contribution in [0.2, 0.25) is 0 Å². The Bertz CT molecular complexity index is 679. The molecule has 0 bridgehead atoms. The van der Waals surface area contributed by atoms with Crippen molar-refractivity contribution >= 4 is 10.8 Å². The minimum atomic E-state index is 0.638. The van der Waals surface area contributed by atoms with E-state index < -0.39 is 0 Å². The van der Waals surface area contributed by atoms with Crippen molar-refractivity contribution in [3.63, 3.8) is 0 Å². The molecule has 0 N–H and O–H groups in total. The Balaban J connectivity index is 2.05. The summed E-state index contributed by atoms with van der Waals surface area (Å²) in [5, 5.41) is 2.37. The van der Waals surface area contributed by atoms with Gasteiger partial charge in [-0.25, -0.2) is 0 Å². The average molecular weight is 385 g/mol. The highest BCUT2D eigenvalue weighted by molar-refractivity contribution is 5.89. The molecule has 0 fully saturated rings. The monoisotopic (exact) mass is 384 g/mol. The van der Waals surface area contributed by atoms with Crippen LogP contribution in [-0.4, -0.2) is 13.2 Å². The molecule has 2 nitrogen and oxygen atoms in total. The van der Waals surface area contributed by atoms with E-state index in [9.17, 15) is 0 Å². The summed E-state index contributed by atoms with van der Waals surface area (Å²) in [6, 6.07) is 12.7. The normalized spacial score (nSPS) is 13.4. The highest BCUT2D eigenvalue weighted by atomic mass is 16.5. The number of hydrogen-bond donors (Lipinski definition) is 0. The fraction of sp³-hybridized carbons (Fsp3) is 0.615. The Labute approximate surface area is 172 Å². The summed E-state index contributed by atoms with van der Waals surface area (Å²) in [6.07, 6.45) is 9.94. The van der Waals surface area contributed by atoms with Crippen molar-refractivity contribution in [2.45, 2.75) is 79.1 Å². The van der Waals surface area contributed by atoms with E-state index >= 15 is 0 Å². The van der Waals surface area contributed by atoms with Crippen LogP contribution < -0.4 is 9.47 Å². The van der Waals surface area contributed by atoms with Crippen LogP contribution in [0.4, 0.5) is 0 Å². The lowest BCUT2D eigenvalue weighted by atomic mass is 10.0. The lowest BCUT2D eigenvalue weighted by molar-refractivity contribution is 0.232. The van der Waals surface area contributed by atoms with Gasteiger partial charge < -0.3 is 9.47 Å². The smallest absolute Gasteiger partial charge is 0.127 e. The highest BCUT2D eigenvalue weighted by Crippen LogP contribution is 2.30. The van der Waals surface area contributed by atoms with E-state index in [1.54, 1.807) is 0 Å². The molecule has 0 amide bonds. The van der Waals surface area contributed by atoms with Gasteiger partial charge in [-0.3, -0.25) is 0 Å². The Morgan fingerprint density at radius 1 is 0.750 bits per heavy atom. The van der Waals surface area contributed by atoms with E-state index in [-0.39, 0.29) is 0 Å². The molecule has 2 aromatic rings. The summed E-state index contributed by atoms with van der Waals surface area (Å²) in [7, 11) is 0. The molecule has 28 heavy (non-hydrogen) atoms. The predicted molar refractivity (Wildman–Crippen MR) is 122 cm³/mol. The highest BCUT2D eigenvalue weighted by Gasteiger charge is 2.11. The van der Waals surface area contributed by atoms with Crippen molar-refractivity contribution in [3.05, 3.63) is 36.4 Å². The number of unbranched alkanes of at least 4 members (excludes halogenated alkanes) is 2. The second kappa shape index (κ2) is 12.7. The molecule has 0 aliphatic carbocycles. The maximum absolute atomic E-state index is 6.27. The molecule has 2 unspecified atom stereocenters. The van der Waals surface area contributed by atoms with Gasteiger partial charge in [-0.15, -0.1) is 0 Å². The zero-order chi connectivity index (χ0) is 20.2. The first kappa shape index (κ1) is 22.6. The zero-order valence-electron chi connectivity index (χ0n) is 18.5. The molecule has 2 aromatic carbocycles. The van der Waals surface area contributed by atoms with Gasteiger partial charge in [-0.05, 0) is 48.3 Å². The summed E-state index contributed by atoms with van der Waals surface area (Å²) in [4.78, 5) is 0. The van der Waals surface area contributed by atoms with E-state index in [1.807, 2.05) is 0 Å². The molecular formula is C26H40O2. The van der Waals surface area contributed by atoms with Gasteiger partial charge in [0.15, 0.2) is 0 Å². The fourth-order valence-electron chi connectivity index (χ4n) is 3.66. The minimum Gasteiger partial charge on any atom is -0.493 e. The van der Waals surface area contributed by atoms with E-state index in [4.69, 9.17) is 9.47 Å². The van der Waals surface area contributed by atoms with Crippen LogP contribution in [0.5, 0.6) is 11.5 Å². The summed E-state index contributed by atoms with van der Waals surface area (Å²) in [6.45, 7) is 10.6. The van der Waals surface area contributed by atoms with Gasteiger partial charge in [-0.2, -0.15) is 0 Å².